The van der Waals surface area contributed by atoms with E-state index in [0.717, 1.165) is 23.4 Å². The number of hydrogen-bond donors (Lipinski definition) is 2. The van der Waals surface area contributed by atoms with Gasteiger partial charge in [-0.05, 0) is 43.2 Å². The van der Waals surface area contributed by atoms with Gasteiger partial charge in [0.05, 0.1) is 5.56 Å². The van der Waals surface area contributed by atoms with Crippen LogP contribution in [-0.2, 0) is 0 Å². The molecule has 2 N–H and O–H groups in total. The van der Waals surface area contributed by atoms with Crippen molar-refractivity contribution in [3.63, 3.8) is 0 Å². The summed E-state index contributed by atoms with van der Waals surface area (Å²) < 4.78 is 0. The van der Waals surface area contributed by atoms with Crippen molar-refractivity contribution in [2.45, 2.75) is 31.4 Å². The van der Waals surface area contributed by atoms with Gasteiger partial charge >= 0.3 is 0 Å². The zero-order valence-electron chi connectivity index (χ0n) is 11.7. The smallest absolute Gasteiger partial charge is 0.253 e. The summed E-state index contributed by atoms with van der Waals surface area (Å²) in [5.41, 5.74) is 2.78. The van der Waals surface area contributed by atoms with Gasteiger partial charge in [-0.3, -0.25) is 4.79 Å². The molecule has 1 atom stereocenters. The summed E-state index contributed by atoms with van der Waals surface area (Å²) in [4.78, 5) is 12.2. The van der Waals surface area contributed by atoms with E-state index in [1.165, 1.54) is 25.0 Å². The van der Waals surface area contributed by atoms with Gasteiger partial charge in [0, 0.05) is 24.5 Å². The molecule has 1 unspecified atom stereocenters. The Balaban J connectivity index is 1.95. The molecule has 0 saturated carbocycles. The summed E-state index contributed by atoms with van der Waals surface area (Å²) in [6.45, 7) is 2.81. The molecule has 1 saturated heterocycles. The summed E-state index contributed by atoms with van der Waals surface area (Å²) in [7, 11) is 1.85. The number of amides is 1. The van der Waals surface area contributed by atoms with E-state index in [0.29, 0.717) is 5.25 Å². The molecule has 104 valence electrons. The van der Waals surface area contributed by atoms with Gasteiger partial charge in [-0.1, -0.05) is 12.5 Å². The lowest BCUT2D eigenvalue weighted by Crippen LogP contribution is -2.32. The Morgan fingerprint density at radius 1 is 1.42 bits per heavy atom. The molecule has 0 bridgehead atoms. The van der Waals surface area contributed by atoms with Gasteiger partial charge in [-0.2, -0.15) is 11.8 Å². The molecule has 4 heteroatoms. The van der Waals surface area contributed by atoms with Crippen molar-refractivity contribution in [1.82, 2.24) is 5.32 Å². The van der Waals surface area contributed by atoms with Crippen LogP contribution in [0.25, 0.3) is 0 Å². The first-order valence-electron chi connectivity index (χ1n) is 6.89. The quantitative estimate of drug-likeness (QED) is 0.889. The molecule has 1 heterocycles. The van der Waals surface area contributed by atoms with E-state index in [1.807, 2.05) is 43.9 Å². The second-order valence-electron chi connectivity index (χ2n) is 5.00. The minimum absolute atomic E-state index is 0.0236. The van der Waals surface area contributed by atoms with Gasteiger partial charge < -0.3 is 10.6 Å². The number of benzene rings is 1. The predicted octanol–water partition coefficient (Wildman–Crippen LogP) is 3.05. The van der Waals surface area contributed by atoms with Crippen LogP contribution < -0.4 is 10.6 Å². The summed E-state index contributed by atoms with van der Waals surface area (Å²) >= 11 is 1.98. The lowest BCUT2D eigenvalue weighted by atomic mass is 10.1. The fourth-order valence-corrected chi connectivity index (χ4v) is 3.57. The average molecular weight is 278 g/mol. The fourth-order valence-electron chi connectivity index (χ4n) is 2.33. The van der Waals surface area contributed by atoms with Crippen molar-refractivity contribution in [3.8, 4) is 0 Å². The monoisotopic (exact) mass is 278 g/mol. The van der Waals surface area contributed by atoms with Gasteiger partial charge in [0.25, 0.3) is 5.91 Å². The van der Waals surface area contributed by atoms with Crippen molar-refractivity contribution >= 4 is 23.4 Å². The number of carbonyl (C=O) groups excluding carboxylic acids is 1. The van der Waals surface area contributed by atoms with Crippen LogP contribution in [0.1, 0.15) is 35.2 Å². The summed E-state index contributed by atoms with van der Waals surface area (Å²) in [5, 5.41) is 6.74. The van der Waals surface area contributed by atoms with Gasteiger partial charge in [-0.15, -0.1) is 0 Å². The highest BCUT2D eigenvalue weighted by atomic mass is 32.2. The molecule has 1 aliphatic heterocycles. The van der Waals surface area contributed by atoms with Crippen LogP contribution in [0, 0.1) is 6.92 Å². The van der Waals surface area contributed by atoms with Crippen LogP contribution in [-0.4, -0.2) is 30.5 Å². The molecule has 1 aromatic rings. The molecule has 3 nitrogen and oxygen atoms in total. The van der Waals surface area contributed by atoms with Crippen LogP contribution in [0.2, 0.25) is 0 Å². The second kappa shape index (κ2) is 6.85. The van der Waals surface area contributed by atoms with Gasteiger partial charge in [0.1, 0.15) is 0 Å². The average Bonchev–Trinajstić information content (AvgIpc) is 2.45. The maximum Gasteiger partial charge on any atom is 0.253 e. The van der Waals surface area contributed by atoms with Crippen molar-refractivity contribution in [2.24, 2.45) is 0 Å². The van der Waals surface area contributed by atoms with E-state index in [-0.39, 0.29) is 5.91 Å². The third kappa shape index (κ3) is 3.90. The summed E-state index contributed by atoms with van der Waals surface area (Å²) in [6, 6.07) is 5.87. The third-order valence-electron chi connectivity index (χ3n) is 3.45. The number of rotatable bonds is 4. The highest BCUT2D eigenvalue weighted by Gasteiger charge is 2.16. The molecule has 0 aliphatic carbocycles. The Hall–Kier alpha value is -1.16. The molecular formula is C15H22N2OS. The van der Waals surface area contributed by atoms with E-state index in [2.05, 4.69) is 10.6 Å². The molecule has 0 radical (unpaired) electrons. The van der Waals surface area contributed by atoms with Gasteiger partial charge in [0.15, 0.2) is 0 Å². The van der Waals surface area contributed by atoms with Crippen LogP contribution >= 0.6 is 11.8 Å². The molecule has 1 amide bonds. The van der Waals surface area contributed by atoms with Crippen LogP contribution in [0.4, 0.5) is 5.69 Å². The topological polar surface area (TPSA) is 41.1 Å². The Labute approximate surface area is 119 Å². The van der Waals surface area contributed by atoms with E-state index in [1.54, 1.807) is 0 Å². The summed E-state index contributed by atoms with van der Waals surface area (Å²) in [6.07, 6.45) is 3.83. The molecule has 0 spiro atoms. The number of carbonyl (C=O) groups is 1. The number of nitrogens with one attached hydrogen (secondary N) is 2. The zero-order valence-corrected chi connectivity index (χ0v) is 12.5. The van der Waals surface area contributed by atoms with Crippen LogP contribution in [0.3, 0.4) is 0 Å². The van der Waals surface area contributed by atoms with Crippen molar-refractivity contribution in [1.29, 1.82) is 0 Å². The Morgan fingerprint density at radius 3 is 2.95 bits per heavy atom. The molecule has 0 aromatic heterocycles. The van der Waals surface area contributed by atoms with Gasteiger partial charge in [0.2, 0.25) is 0 Å². The molecule has 1 aliphatic rings. The number of thioether (sulfide) groups is 1. The van der Waals surface area contributed by atoms with Crippen molar-refractivity contribution in [3.05, 3.63) is 29.3 Å². The van der Waals surface area contributed by atoms with Crippen LogP contribution in [0.5, 0.6) is 0 Å². The normalized spacial score (nSPS) is 18.9. The van der Waals surface area contributed by atoms with E-state index >= 15 is 0 Å². The van der Waals surface area contributed by atoms with E-state index in [4.69, 9.17) is 0 Å². The number of anilines is 1. The standard InChI is InChI=1S/C15H22N2OS/c1-11-6-7-13(14(9-11)16-2)15(18)17-10-12-5-3-4-8-19-12/h6-7,9,12,16H,3-5,8,10H2,1-2H3,(H,17,18). The minimum Gasteiger partial charge on any atom is -0.387 e. The Kier molecular flexibility index (Phi) is 5.14. The first kappa shape index (κ1) is 14.3. The third-order valence-corrected chi connectivity index (χ3v) is 4.85. The summed E-state index contributed by atoms with van der Waals surface area (Å²) in [5.74, 6) is 1.25. The maximum absolute atomic E-state index is 12.2. The Bertz CT molecular complexity index is 442. The first-order chi connectivity index (χ1) is 9.20. The molecular weight excluding hydrogens is 256 g/mol. The SMILES string of the molecule is CNc1cc(C)ccc1C(=O)NCC1CCCCS1. The lowest BCUT2D eigenvalue weighted by molar-refractivity contribution is 0.0954. The van der Waals surface area contributed by atoms with Gasteiger partial charge in [-0.25, -0.2) is 0 Å². The first-order valence-corrected chi connectivity index (χ1v) is 7.94. The van der Waals surface area contributed by atoms with E-state index in [9.17, 15) is 4.79 Å². The Morgan fingerprint density at radius 2 is 2.26 bits per heavy atom. The number of aryl methyl sites for hydroxylation is 1. The molecule has 1 aromatic carbocycles. The number of hydrogen-bond acceptors (Lipinski definition) is 3. The predicted molar refractivity (Wildman–Crippen MR) is 83.2 cm³/mol. The molecule has 19 heavy (non-hydrogen) atoms. The molecule has 1 fully saturated rings. The van der Waals surface area contributed by atoms with Crippen molar-refractivity contribution in [2.75, 3.05) is 24.7 Å². The highest BCUT2D eigenvalue weighted by molar-refractivity contribution is 7.99. The largest absolute Gasteiger partial charge is 0.387 e. The fraction of sp³-hybridized carbons (Fsp3) is 0.533. The van der Waals surface area contributed by atoms with Crippen molar-refractivity contribution < 1.29 is 4.79 Å². The second-order valence-corrected chi connectivity index (χ2v) is 6.41. The van der Waals surface area contributed by atoms with E-state index < -0.39 is 0 Å². The maximum atomic E-state index is 12.2. The molecule has 2 rings (SSSR count). The lowest BCUT2D eigenvalue weighted by Gasteiger charge is -2.21. The zero-order chi connectivity index (χ0) is 13.7. The van der Waals surface area contributed by atoms with Crippen LogP contribution in [0.15, 0.2) is 18.2 Å². The highest BCUT2D eigenvalue weighted by Crippen LogP contribution is 2.24. The minimum atomic E-state index is 0.0236.